The van der Waals surface area contributed by atoms with E-state index in [1.807, 2.05) is 39.8 Å². The van der Waals surface area contributed by atoms with Gasteiger partial charge in [-0.2, -0.15) is 5.26 Å². The molecule has 0 radical (unpaired) electrons. The van der Waals surface area contributed by atoms with Crippen LogP contribution in [0.15, 0.2) is 18.3 Å². The van der Waals surface area contributed by atoms with Gasteiger partial charge < -0.3 is 14.0 Å². The highest BCUT2D eigenvalue weighted by Crippen LogP contribution is 2.36. The highest BCUT2D eigenvalue weighted by atomic mass is 16.7. The molecule has 2 aliphatic heterocycles. The fraction of sp³-hybridized carbons (Fsp3) is 0.625. The van der Waals surface area contributed by atoms with E-state index in [-0.39, 0.29) is 11.2 Å². The molecule has 1 aromatic heterocycles. The number of aromatic nitrogens is 1. The van der Waals surface area contributed by atoms with Crippen LogP contribution in [-0.2, 0) is 19.5 Å². The first-order valence-electron chi connectivity index (χ1n) is 7.61. The summed E-state index contributed by atoms with van der Waals surface area (Å²) in [5.74, 6) is 0. The Balaban J connectivity index is 1.83. The van der Waals surface area contributed by atoms with E-state index in [0.29, 0.717) is 19.6 Å². The van der Waals surface area contributed by atoms with Crippen LogP contribution in [0.25, 0.3) is 0 Å². The number of rotatable bonds is 2. The van der Waals surface area contributed by atoms with Gasteiger partial charge in [-0.05, 0) is 40.2 Å². The minimum absolute atomic E-state index is 0.372. The van der Waals surface area contributed by atoms with Crippen molar-refractivity contribution >= 4 is 12.6 Å². The van der Waals surface area contributed by atoms with Crippen molar-refractivity contribution in [3.8, 4) is 6.07 Å². The maximum atomic E-state index is 9.47. The van der Waals surface area contributed by atoms with Gasteiger partial charge in [-0.1, -0.05) is 6.07 Å². The molecule has 2 aliphatic rings. The first kappa shape index (κ1) is 15.5. The van der Waals surface area contributed by atoms with Crippen LogP contribution in [0.1, 0.15) is 39.8 Å². The van der Waals surface area contributed by atoms with Crippen molar-refractivity contribution in [1.29, 1.82) is 5.26 Å². The summed E-state index contributed by atoms with van der Waals surface area (Å²) in [6, 6.07) is 6.18. The summed E-state index contributed by atoms with van der Waals surface area (Å²) in [4.78, 5) is 4.48. The van der Waals surface area contributed by atoms with Crippen LogP contribution in [0.3, 0.4) is 0 Å². The predicted octanol–water partition coefficient (Wildman–Crippen LogP) is 1.56. The van der Waals surface area contributed by atoms with Gasteiger partial charge in [-0.25, -0.2) is 0 Å². The van der Waals surface area contributed by atoms with Crippen LogP contribution in [0, 0.1) is 11.3 Å². The molecule has 0 aromatic carbocycles. The highest BCUT2D eigenvalue weighted by Gasteiger charge is 2.52. The molecule has 1 aromatic rings. The van der Waals surface area contributed by atoms with Gasteiger partial charge in [0.05, 0.1) is 29.6 Å². The summed E-state index contributed by atoms with van der Waals surface area (Å²) in [6.07, 6.45) is 2.43. The van der Waals surface area contributed by atoms with Crippen molar-refractivity contribution in [2.75, 3.05) is 13.2 Å². The van der Waals surface area contributed by atoms with Crippen LogP contribution in [-0.4, -0.2) is 36.5 Å². The first-order chi connectivity index (χ1) is 10.3. The van der Waals surface area contributed by atoms with Gasteiger partial charge in [-0.3, -0.25) is 4.98 Å². The third-order valence-electron chi connectivity index (χ3n) is 5.04. The lowest BCUT2D eigenvalue weighted by Crippen LogP contribution is -2.41. The van der Waals surface area contributed by atoms with E-state index in [2.05, 4.69) is 11.1 Å². The molecule has 2 saturated heterocycles. The van der Waals surface area contributed by atoms with E-state index in [1.54, 1.807) is 6.20 Å². The van der Waals surface area contributed by atoms with Gasteiger partial charge in [0.1, 0.15) is 5.41 Å². The van der Waals surface area contributed by atoms with Gasteiger partial charge >= 0.3 is 7.12 Å². The standard InChI is InChI=1S/C16H21BN2O3/c1-14(2)15(3,4)22-17(21-14)12-5-6-13(19-9-12)16(10-18)7-8-20-11-16/h5-6,9H,7-8,11H2,1-4H3. The Morgan fingerprint density at radius 1 is 1.18 bits per heavy atom. The zero-order valence-corrected chi connectivity index (χ0v) is 13.5. The molecular weight excluding hydrogens is 279 g/mol. The zero-order chi connectivity index (χ0) is 16.0. The quantitative estimate of drug-likeness (QED) is 0.776. The molecule has 1 unspecified atom stereocenters. The smallest absolute Gasteiger partial charge is 0.399 e. The second kappa shape index (κ2) is 5.05. The molecule has 5 nitrogen and oxygen atoms in total. The fourth-order valence-corrected chi connectivity index (χ4v) is 2.72. The Morgan fingerprint density at radius 2 is 1.86 bits per heavy atom. The average Bonchev–Trinajstić information content (AvgIpc) is 3.03. The summed E-state index contributed by atoms with van der Waals surface area (Å²) in [5, 5.41) is 9.47. The molecule has 0 aliphatic carbocycles. The normalized spacial score (nSPS) is 29.5. The minimum Gasteiger partial charge on any atom is -0.399 e. The lowest BCUT2D eigenvalue weighted by Gasteiger charge is -2.32. The Kier molecular flexibility index (Phi) is 3.56. The highest BCUT2D eigenvalue weighted by molar-refractivity contribution is 6.62. The largest absolute Gasteiger partial charge is 0.496 e. The molecule has 3 heterocycles. The van der Waals surface area contributed by atoms with E-state index in [1.165, 1.54) is 0 Å². The lowest BCUT2D eigenvalue weighted by atomic mass is 9.78. The van der Waals surface area contributed by atoms with Crippen LogP contribution in [0.5, 0.6) is 0 Å². The predicted molar refractivity (Wildman–Crippen MR) is 82.7 cm³/mol. The molecule has 6 heteroatoms. The van der Waals surface area contributed by atoms with Gasteiger partial charge in [0.15, 0.2) is 0 Å². The number of hydrogen-bond donors (Lipinski definition) is 0. The summed E-state index contributed by atoms with van der Waals surface area (Å²) in [6.45, 7) is 9.11. The average molecular weight is 300 g/mol. The summed E-state index contributed by atoms with van der Waals surface area (Å²) >= 11 is 0. The summed E-state index contributed by atoms with van der Waals surface area (Å²) in [7, 11) is -0.426. The number of nitrogens with zero attached hydrogens (tertiary/aromatic N) is 2. The van der Waals surface area contributed by atoms with Crippen molar-refractivity contribution in [1.82, 2.24) is 4.98 Å². The van der Waals surface area contributed by atoms with Crippen molar-refractivity contribution in [3.05, 3.63) is 24.0 Å². The Bertz CT molecular complexity index is 585. The second-order valence-corrected chi connectivity index (χ2v) is 7.06. The number of hydrogen-bond acceptors (Lipinski definition) is 5. The van der Waals surface area contributed by atoms with Crippen molar-refractivity contribution in [2.45, 2.75) is 50.7 Å². The summed E-state index contributed by atoms with van der Waals surface area (Å²) < 4.78 is 17.4. The third kappa shape index (κ3) is 2.34. The van der Waals surface area contributed by atoms with Crippen molar-refractivity contribution in [3.63, 3.8) is 0 Å². The Morgan fingerprint density at radius 3 is 2.32 bits per heavy atom. The minimum atomic E-state index is -0.617. The zero-order valence-electron chi connectivity index (χ0n) is 13.5. The Hall–Kier alpha value is -1.42. The van der Waals surface area contributed by atoms with Crippen LogP contribution < -0.4 is 5.46 Å². The molecule has 3 rings (SSSR count). The third-order valence-corrected chi connectivity index (χ3v) is 5.04. The van der Waals surface area contributed by atoms with Crippen LogP contribution in [0.4, 0.5) is 0 Å². The summed E-state index contributed by atoms with van der Waals surface area (Å²) in [5.41, 5.74) is 0.267. The second-order valence-electron chi connectivity index (χ2n) is 7.06. The van der Waals surface area contributed by atoms with Gasteiger partial charge in [-0.15, -0.1) is 0 Å². The van der Waals surface area contributed by atoms with Crippen LogP contribution >= 0.6 is 0 Å². The molecule has 116 valence electrons. The van der Waals surface area contributed by atoms with Crippen molar-refractivity contribution in [2.24, 2.45) is 0 Å². The molecule has 0 N–H and O–H groups in total. The Labute approximate surface area is 131 Å². The number of pyridine rings is 1. The first-order valence-corrected chi connectivity index (χ1v) is 7.61. The molecule has 0 bridgehead atoms. The lowest BCUT2D eigenvalue weighted by molar-refractivity contribution is 0.00578. The van der Waals surface area contributed by atoms with E-state index in [9.17, 15) is 5.26 Å². The maximum Gasteiger partial charge on any atom is 0.496 e. The molecule has 2 fully saturated rings. The van der Waals surface area contributed by atoms with Gasteiger partial charge in [0.2, 0.25) is 0 Å². The SMILES string of the molecule is CC1(C)OB(c2ccc(C3(C#N)CCOC3)nc2)OC1(C)C. The molecule has 0 amide bonds. The molecule has 0 spiro atoms. The van der Waals surface area contributed by atoms with E-state index in [4.69, 9.17) is 14.0 Å². The fourth-order valence-electron chi connectivity index (χ4n) is 2.72. The van der Waals surface area contributed by atoms with E-state index < -0.39 is 12.5 Å². The molecule has 22 heavy (non-hydrogen) atoms. The topological polar surface area (TPSA) is 64.4 Å². The van der Waals surface area contributed by atoms with E-state index in [0.717, 1.165) is 11.2 Å². The van der Waals surface area contributed by atoms with E-state index >= 15 is 0 Å². The van der Waals surface area contributed by atoms with Crippen LogP contribution in [0.2, 0.25) is 0 Å². The van der Waals surface area contributed by atoms with Crippen molar-refractivity contribution < 1.29 is 14.0 Å². The molecular formula is C16H21BN2O3. The number of ether oxygens (including phenoxy) is 1. The molecule has 0 saturated carbocycles. The molecule has 1 atom stereocenters. The van der Waals surface area contributed by atoms with Gasteiger partial charge in [0, 0.05) is 18.3 Å². The monoisotopic (exact) mass is 300 g/mol. The maximum absolute atomic E-state index is 9.47. The van der Waals surface area contributed by atoms with Gasteiger partial charge in [0.25, 0.3) is 0 Å². The number of nitriles is 1.